The largest absolute Gasteiger partial charge is 0.507 e. The Morgan fingerprint density at radius 3 is 2.41 bits per heavy atom. The molecule has 1 N–H and O–H groups in total. The Labute approximate surface area is 186 Å². The number of likely N-dealkylation sites (tertiary alicyclic amines) is 1. The average Bonchev–Trinajstić information content (AvgIpc) is 3.09. The van der Waals surface area contributed by atoms with Gasteiger partial charge in [0, 0.05) is 24.5 Å². The van der Waals surface area contributed by atoms with E-state index >= 15 is 0 Å². The molecule has 0 spiro atoms. The predicted octanol–water partition coefficient (Wildman–Crippen LogP) is 4.27. The molecule has 2 aromatic carbocycles. The van der Waals surface area contributed by atoms with Gasteiger partial charge in [-0.05, 0) is 47.4 Å². The van der Waals surface area contributed by atoms with Gasteiger partial charge in [0.2, 0.25) is 0 Å². The van der Waals surface area contributed by atoms with Crippen LogP contribution in [0.3, 0.4) is 0 Å². The molecule has 2 heterocycles. The molecule has 1 amide bonds. The number of rotatable bonds is 6. The number of nitrogens with zero attached hydrogens (tertiary/aromatic N) is 2. The van der Waals surface area contributed by atoms with E-state index in [0.717, 1.165) is 17.5 Å². The predicted molar refractivity (Wildman–Crippen MR) is 121 cm³/mol. The van der Waals surface area contributed by atoms with Crippen LogP contribution < -0.4 is 4.74 Å². The van der Waals surface area contributed by atoms with E-state index in [2.05, 4.69) is 4.98 Å². The Hall–Kier alpha value is -3.93. The van der Waals surface area contributed by atoms with Crippen LogP contribution >= 0.6 is 0 Å². The molecule has 32 heavy (non-hydrogen) atoms. The first-order valence-electron chi connectivity index (χ1n) is 10.4. The molecule has 6 heteroatoms. The fraction of sp³-hybridized carbons (Fsp3) is 0.192. The van der Waals surface area contributed by atoms with E-state index in [1.807, 2.05) is 25.1 Å². The van der Waals surface area contributed by atoms with Crippen molar-refractivity contribution in [3.8, 4) is 5.75 Å². The number of aliphatic hydroxyl groups is 1. The third kappa shape index (κ3) is 3.99. The minimum atomic E-state index is -0.746. The summed E-state index contributed by atoms with van der Waals surface area (Å²) in [4.78, 5) is 31.7. The number of carbonyl (C=O) groups is 2. The molecule has 1 aliphatic heterocycles. The van der Waals surface area contributed by atoms with Gasteiger partial charge >= 0.3 is 0 Å². The van der Waals surface area contributed by atoms with Crippen molar-refractivity contribution in [2.75, 3.05) is 7.11 Å². The summed E-state index contributed by atoms with van der Waals surface area (Å²) in [6.07, 6.45) is 4.14. The maximum absolute atomic E-state index is 13.1. The zero-order valence-electron chi connectivity index (χ0n) is 18.0. The van der Waals surface area contributed by atoms with E-state index in [1.165, 1.54) is 4.90 Å². The molecule has 0 radical (unpaired) electrons. The lowest BCUT2D eigenvalue weighted by Crippen LogP contribution is -2.29. The Bertz CT molecular complexity index is 1170. The summed E-state index contributed by atoms with van der Waals surface area (Å²) in [6, 6.07) is 17.4. The van der Waals surface area contributed by atoms with Crippen LogP contribution in [0.4, 0.5) is 0 Å². The zero-order chi connectivity index (χ0) is 22.7. The van der Waals surface area contributed by atoms with Crippen molar-refractivity contribution in [2.45, 2.75) is 25.9 Å². The van der Waals surface area contributed by atoms with Crippen LogP contribution in [-0.4, -0.2) is 33.8 Å². The molecule has 6 nitrogen and oxygen atoms in total. The zero-order valence-corrected chi connectivity index (χ0v) is 18.0. The minimum absolute atomic E-state index is 0.0709. The molecule has 162 valence electrons. The van der Waals surface area contributed by atoms with E-state index in [-0.39, 0.29) is 17.9 Å². The fourth-order valence-corrected chi connectivity index (χ4v) is 3.94. The quantitative estimate of drug-likeness (QED) is 0.360. The lowest BCUT2D eigenvalue weighted by molar-refractivity contribution is -0.140. The molecule has 1 atom stereocenters. The van der Waals surface area contributed by atoms with Crippen molar-refractivity contribution >= 4 is 17.4 Å². The summed E-state index contributed by atoms with van der Waals surface area (Å²) in [6.45, 7) is 2.25. The normalized spacial score (nSPS) is 17.6. The van der Waals surface area contributed by atoms with Gasteiger partial charge in [0.15, 0.2) is 0 Å². The summed E-state index contributed by atoms with van der Waals surface area (Å²) in [7, 11) is 1.56. The number of pyridine rings is 1. The lowest BCUT2D eigenvalue weighted by atomic mass is 9.94. The highest BCUT2D eigenvalue weighted by Gasteiger charge is 2.46. The van der Waals surface area contributed by atoms with E-state index in [0.29, 0.717) is 16.9 Å². The number of aryl methyl sites for hydroxylation is 1. The van der Waals surface area contributed by atoms with E-state index in [1.54, 1.807) is 62.0 Å². The van der Waals surface area contributed by atoms with Gasteiger partial charge in [0.25, 0.3) is 11.7 Å². The number of amides is 1. The highest BCUT2D eigenvalue weighted by molar-refractivity contribution is 6.46. The number of hydrogen-bond acceptors (Lipinski definition) is 5. The second-order valence-electron chi connectivity index (χ2n) is 7.61. The molecule has 1 saturated heterocycles. The van der Waals surface area contributed by atoms with Crippen LogP contribution in [0.1, 0.15) is 35.2 Å². The monoisotopic (exact) mass is 428 g/mol. The second-order valence-corrected chi connectivity index (χ2v) is 7.61. The molecular weight excluding hydrogens is 404 g/mol. The number of benzene rings is 2. The molecular formula is C26H24N2O4. The smallest absolute Gasteiger partial charge is 0.295 e. The summed E-state index contributed by atoms with van der Waals surface area (Å²) < 4.78 is 5.35. The number of methoxy groups -OCH3 is 1. The maximum Gasteiger partial charge on any atom is 0.295 e. The summed E-state index contributed by atoms with van der Waals surface area (Å²) in [5.41, 5.74) is 3.20. The van der Waals surface area contributed by atoms with Gasteiger partial charge in [-0.2, -0.15) is 0 Å². The SMILES string of the molecule is CCc1ccc(/C(O)=C2/C(=O)C(=O)N(Cc3ccncc3)C2c2cccc(OC)c2)cc1. The lowest BCUT2D eigenvalue weighted by Gasteiger charge is -2.25. The molecule has 3 aromatic rings. The second kappa shape index (κ2) is 9.06. The number of hydrogen-bond donors (Lipinski definition) is 1. The van der Waals surface area contributed by atoms with Crippen LogP contribution in [-0.2, 0) is 22.6 Å². The molecule has 1 aliphatic rings. The average molecular weight is 428 g/mol. The van der Waals surface area contributed by atoms with Crippen LogP contribution in [0.15, 0.2) is 78.6 Å². The summed E-state index contributed by atoms with van der Waals surface area (Å²) in [5, 5.41) is 11.2. The van der Waals surface area contributed by atoms with Gasteiger partial charge in [0.1, 0.15) is 11.5 Å². The minimum Gasteiger partial charge on any atom is -0.507 e. The number of aliphatic hydroxyl groups excluding tert-OH is 1. The van der Waals surface area contributed by atoms with Gasteiger partial charge in [-0.3, -0.25) is 14.6 Å². The fourth-order valence-electron chi connectivity index (χ4n) is 3.94. The highest BCUT2D eigenvalue weighted by atomic mass is 16.5. The summed E-state index contributed by atoms with van der Waals surface area (Å²) in [5.74, 6) is -0.939. The number of aromatic nitrogens is 1. The van der Waals surface area contributed by atoms with Gasteiger partial charge in [-0.15, -0.1) is 0 Å². The number of carbonyl (C=O) groups excluding carboxylic acids is 2. The topological polar surface area (TPSA) is 79.7 Å². The van der Waals surface area contributed by atoms with E-state index in [9.17, 15) is 14.7 Å². The van der Waals surface area contributed by atoms with Crippen molar-refractivity contribution < 1.29 is 19.4 Å². The van der Waals surface area contributed by atoms with Gasteiger partial charge in [0.05, 0.1) is 18.7 Å². The molecule has 1 fully saturated rings. The maximum atomic E-state index is 13.1. The molecule has 0 saturated carbocycles. The molecule has 0 bridgehead atoms. The van der Waals surface area contributed by atoms with Crippen LogP contribution in [0.25, 0.3) is 5.76 Å². The first kappa shape index (κ1) is 21.3. The Balaban J connectivity index is 1.85. The Morgan fingerprint density at radius 1 is 1.03 bits per heavy atom. The van der Waals surface area contributed by atoms with Gasteiger partial charge in [-0.1, -0.05) is 43.3 Å². The highest BCUT2D eigenvalue weighted by Crippen LogP contribution is 2.41. The third-order valence-electron chi connectivity index (χ3n) is 5.69. The number of ether oxygens (including phenoxy) is 1. The van der Waals surface area contributed by atoms with Crippen molar-refractivity contribution in [1.82, 2.24) is 9.88 Å². The van der Waals surface area contributed by atoms with E-state index in [4.69, 9.17) is 4.74 Å². The Kier molecular flexibility index (Phi) is 6.03. The van der Waals surface area contributed by atoms with Gasteiger partial charge in [-0.25, -0.2) is 0 Å². The van der Waals surface area contributed by atoms with Crippen molar-refractivity contribution in [3.05, 3.63) is 101 Å². The molecule has 0 aliphatic carbocycles. The van der Waals surface area contributed by atoms with Crippen LogP contribution in [0.2, 0.25) is 0 Å². The van der Waals surface area contributed by atoms with Crippen molar-refractivity contribution in [3.63, 3.8) is 0 Å². The van der Waals surface area contributed by atoms with Crippen LogP contribution in [0.5, 0.6) is 5.75 Å². The number of ketones is 1. The first-order chi connectivity index (χ1) is 15.5. The third-order valence-corrected chi connectivity index (χ3v) is 5.69. The molecule has 4 rings (SSSR count). The van der Waals surface area contributed by atoms with E-state index < -0.39 is 17.7 Å². The number of Topliss-reactive ketones (excluding diaryl/α,β-unsaturated/α-hetero) is 1. The summed E-state index contributed by atoms with van der Waals surface area (Å²) >= 11 is 0. The van der Waals surface area contributed by atoms with Crippen molar-refractivity contribution in [1.29, 1.82) is 0 Å². The molecule has 1 unspecified atom stereocenters. The Morgan fingerprint density at radius 2 is 1.75 bits per heavy atom. The van der Waals surface area contributed by atoms with Gasteiger partial charge < -0.3 is 14.7 Å². The standard InChI is InChI=1S/C26H24N2O4/c1-3-17-7-9-19(10-8-17)24(29)22-23(20-5-4-6-21(15-20)32-2)28(26(31)25(22)30)16-18-11-13-27-14-12-18/h4-15,23,29H,3,16H2,1-2H3/b24-22-. The molecule has 1 aromatic heterocycles. The van der Waals surface area contributed by atoms with Crippen LogP contribution in [0, 0.1) is 0 Å². The first-order valence-corrected chi connectivity index (χ1v) is 10.4. The van der Waals surface area contributed by atoms with Crippen molar-refractivity contribution in [2.24, 2.45) is 0 Å².